The van der Waals surface area contributed by atoms with Crippen LogP contribution in [0.2, 0.25) is 0 Å². The zero-order valence-electron chi connectivity index (χ0n) is 11.8. The van der Waals surface area contributed by atoms with Gasteiger partial charge in [0.2, 0.25) is 0 Å². The Bertz CT molecular complexity index is 456. The van der Waals surface area contributed by atoms with E-state index in [0.29, 0.717) is 6.04 Å². The van der Waals surface area contributed by atoms with Crippen LogP contribution in [-0.4, -0.2) is 31.1 Å². The lowest BCUT2D eigenvalue weighted by Crippen LogP contribution is -2.29. The van der Waals surface area contributed by atoms with E-state index in [1.807, 2.05) is 0 Å². The van der Waals surface area contributed by atoms with Gasteiger partial charge in [-0.3, -0.25) is 4.90 Å². The van der Waals surface area contributed by atoms with Gasteiger partial charge in [-0.15, -0.1) is 0 Å². The van der Waals surface area contributed by atoms with Crippen molar-refractivity contribution in [3.63, 3.8) is 0 Å². The van der Waals surface area contributed by atoms with E-state index >= 15 is 0 Å². The first kappa shape index (κ1) is 13.6. The first-order chi connectivity index (χ1) is 9.15. The molecule has 0 bridgehead atoms. The molecular formula is C16H23BrN2. The summed E-state index contributed by atoms with van der Waals surface area (Å²) in [7, 11) is 2.26. The highest BCUT2D eigenvalue weighted by Gasteiger charge is 2.34. The molecule has 2 unspecified atom stereocenters. The van der Waals surface area contributed by atoms with Crippen LogP contribution in [-0.2, 0) is 0 Å². The SMILES string of the molecule is Cc1cc(C2C(CNC3CC3)CCN2C)ccc1Br. The van der Waals surface area contributed by atoms with Crippen LogP contribution in [0.1, 0.15) is 36.4 Å². The third-order valence-electron chi connectivity index (χ3n) is 4.54. The molecule has 2 fully saturated rings. The highest BCUT2D eigenvalue weighted by atomic mass is 79.9. The van der Waals surface area contributed by atoms with E-state index in [9.17, 15) is 0 Å². The largest absolute Gasteiger partial charge is 0.314 e. The van der Waals surface area contributed by atoms with Crippen molar-refractivity contribution in [1.82, 2.24) is 10.2 Å². The molecule has 19 heavy (non-hydrogen) atoms. The molecule has 2 atom stereocenters. The van der Waals surface area contributed by atoms with Gasteiger partial charge in [-0.1, -0.05) is 28.1 Å². The number of hydrogen-bond donors (Lipinski definition) is 1. The average molecular weight is 323 g/mol. The van der Waals surface area contributed by atoms with E-state index in [1.165, 1.54) is 48.0 Å². The monoisotopic (exact) mass is 322 g/mol. The van der Waals surface area contributed by atoms with Crippen LogP contribution in [0.3, 0.4) is 0 Å². The minimum absolute atomic E-state index is 0.582. The molecule has 2 nitrogen and oxygen atoms in total. The molecule has 1 N–H and O–H groups in total. The summed E-state index contributed by atoms with van der Waals surface area (Å²) in [6.45, 7) is 4.57. The molecule has 1 heterocycles. The normalized spacial score (nSPS) is 27.9. The zero-order chi connectivity index (χ0) is 13.4. The van der Waals surface area contributed by atoms with Crippen molar-refractivity contribution in [2.24, 2.45) is 5.92 Å². The fraction of sp³-hybridized carbons (Fsp3) is 0.625. The van der Waals surface area contributed by atoms with E-state index in [-0.39, 0.29) is 0 Å². The van der Waals surface area contributed by atoms with Gasteiger partial charge in [0.1, 0.15) is 0 Å². The van der Waals surface area contributed by atoms with Gasteiger partial charge in [-0.25, -0.2) is 0 Å². The number of benzene rings is 1. The van der Waals surface area contributed by atoms with E-state index in [2.05, 4.69) is 58.3 Å². The Morgan fingerprint density at radius 3 is 2.79 bits per heavy atom. The Morgan fingerprint density at radius 2 is 2.11 bits per heavy atom. The fourth-order valence-corrected chi connectivity index (χ4v) is 3.47. The smallest absolute Gasteiger partial charge is 0.0385 e. The van der Waals surface area contributed by atoms with Crippen molar-refractivity contribution in [2.75, 3.05) is 20.1 Å². The van der Waals surface area contributed by atoms with Gasteiger partial charge < -0.3 is 5.32 Å². The first-order valence-corrected chi connectivity index (χ1v) is 8.14. The third-order valence-corrected chi connectivity index (χ3v) is 5.43. The Labute approximate surface area is 124 Å². The van der Waals surface area contributed by atoms with Crippen LogP contribution in [0, 0.1) is 12.8 Å². The summed E-state index contributed by atoms with van der Waals surface area (Å²) in [5, 5.41) is 3.71. The molecule has 0 aromatic heterocycles. The summed E-state index contributed by atoms with van der Waals surface area (Å²) in [5.41, 5.74) is 2.81. The number of likely N-dealkylation sites (tertiary alicyclic amines) is 1. The van der Waals surface area contributed by atoms with Crippen molar-refractivity contribution >= 4 is 15.9 Å². The predicted molar refractivity (Wildman–Crippen MR) is 83.4 cm³/mol. The summed E-state index contributed by atoms with van der Waals surface area (Å²) >= 11 is 3.60. The Kier molecular flexibility index (Phi) is 3.97. The second kappa shape index (κ2) is 5.55. The van der Waals surface area contributed by atoms with E-state index in [0.717, 1.165) is 12.0 Å². The van der Waals surface area contributed by atoms with Crippen LogP contribution in [0.4, 0.5) is 0 Å². The second-order valence-corrected chi connectivity index (χ2v) is 7.02. The summed E-state index contributed by atoms with van der Waals surface area (Å²) in [4.78, 5) is 2.52. The van der Waals surface area contributed by atoms with Crippen LogP contribution in [0.25, 0.3) is 0 Å². The molecule has 1 aromatic rings. The lowest BCUT2D eigenvalue weighted by Gasteiger charge is -2.26. The van der Waals surface area contributed by atoms with Crippen molar-refractivity contribution in [3.05, 3.63) is 33.8 Å². The molecule has 3 heteroatoms. The minimum atomic E-state index is 0.582. The standard InChI is InChI=1S/C16H23BrN2/c1-11-9-12(3-6-15(11)17)16-13(7-8-19(16)2)10-18-14-4-5-14/h3,6,9,13-14,16,18H,4-5,7-8,10H2,1-2H3. The average Bonchev–Trinajstić information content (AvgIpc) is 3.14. The third kappa shape index (κ3) is 3.04. The molecule has 0 spiro atoms. The van der Waals surface area contributed by atoms with Gasteiger partial charge in [0.05, 0.1) is 0 Å². The summed E-state index contributed by atoms with van der Waals surface area (Å²) in [5.74, 6) is 0.756. The van der Waals surface area contributed by atoms with E-state index in [4.69, 9.17) is 0 Å². The molecule has 0 radical (unpaired) electrons. The molecule has 0 amide bonds. The molecule has 1 aliphatic carbocycles. The molecule has 104 valence electrons. The molecule has 3 rings (SSSR count). The number of nitrogens with one attached hydrogen (secondary N) is 1. The second-order valence-electron chi connectivity index (χ2n) is 6.17. The van der Waals surface area contributed by atoms with Gasteiger partial charge in [0, 0.05) is 23.1 Å². The first-order valence-electron chi connectivity index (χ1n) is 7.35. The lowest BCUT2D eigenvalue weighted by molar-refractivity contribution is 0.271. The van der Waals surface area contributed by atoms with Gasteiger partial charge >= 0.3 is 0 Å². The topological polar surface area (TPSA) is 15.3 Å². The molecule has 1 aliphatic heterocycles. The van der Waals surface area contributed by atoms with Gasteiger partial charge in [0.25, 0.3) is 0 Å². The maximum absolute atomic E-state index is 3.71. The zero-order valence-corrected chi connectivity index (χ0v) is 13.4. The quantitative estimate of drug-likeness (QED) is 0.912. The maximum atomic E-state index is 3.71. The summed E-state index contributed by atoms with van der Waals surface area (Å²) in [6, 6.07) is 8.23. The lowest BCUT2D eigenvalue weighted by atomic mass is 9.93. The van der Waals surface area contributed by atoms with Gasteiger partial charge in [0.15, 0.2) is 0 Å². The Balaban J connectivity index is 1.75. The number of aryl methyl sites for hydroxylation is 1. The van der Waals surface area contributed by atoms with Crippen molar-refractivity contribution < 1.29 is 0 Å². The molecular weight excluding hydrogens is 300 g/mol. The molecule has 1 aromatic carbocycles. The predicted octanol–water partition coefficient (Wildman–Crippen LogP) is 3.50. The minimum Gasteiger partial charge on any atom is -0.314 e. The van der Waals surface area contributed by atoms with Crippen molar-refractivity contribution in [2.45, 2.75) is 38.3 Å². The number of halogens is 1. The number of hydrogen-bond acceptors (Lipinski definition) is 2. The molecule has 2 aliphatic rings. The Hall–Kier alpha value is -0.380. The highest BCUT2D eigenvalue weighted by Crippen LogP contribution is 2.37. The number of nitrogens with zero attached hydrogens (tertiary/aromatic N) is 1. The van der Waals surface area contributed by atoms with E-state index in [1.54, 1.807) is 0 Å². The molecule has 1 saturated carbocycles. The van der Waals surface area contributed by atoms with Crippen molar-refractivity contribution in [1.29, 1.82) is 0 Å². The fourth-order valence-electron chi connectivity index (χ4n) is 3.22. The summed E-state index contributed by atoms with van der Waals surface area (Å²) in [6.07, 6.45) is 4.07. The van der Waals surface area contributed by atoms with Crippen LogP contribution >= 0.6 is 15.9 Å². The van der Waals surface area contributed by atoms with E-state index < -0.39 is 0 Å². The van der Waals surface area contributed by atoms with Crippen molar-refractivity contribution in [3.8, 4) is 0 Å². The maximum Gasteiger partial charge on any atom is 0.0385 e. The molecule has 1 saturated heterocycles. The van der Waals surface area contributed by atoms with Crippen LogP contribution < -0.4 is 5.32 Å². The number of rotatable bonds is 4. The van der Waals surface area contributed by atoms with Crippen LogP contribution in [0.5, 0.6) is 0 Å². The van der Waals surface area contributed by atoms with Gasteiger partial charge in [-0.05, 0) is 62.9 Å². The summed E-state index contributed by atoms with van der Waals surface area (Å²) < 4.78 is 1.21. The van der Waals surface area contributed by atoms with Gasteiger partial charge in [-0.2, -0.15) is 0 Å². The van der Waals surface area contributed by atoms with Crippen LogP contribution in [0.15, 0.2) is 22.7 Å². The highest BCUT2D eigenvalue weighted by molar-refractivity contribution is 9.10. The Morgan fingerprint density at radius 1 is 1.32 bits per heavy atom.